The van der Waals surface area contributed by atoms with Gasteiger partial charge < -0.3 is 14.2 Å². The Hall–Kier alpha value is -4.85. The summed E-state index contributed by atoms with van der Waals surface area (Å²) in [5.74, 6) is 3.04. The van der Waals surface area contributed by atoms with Crippen LogP contribution in [0.2, 0.25) is 0 Å². The Labute approximate surface area is 220 Å². The van der Waals surface area contributed by atoms with Gasteiger partial charge in [0, 0.05) is 22.9 Å². The molecule has 0 aliphatic rings. The molecule has 6 aromatic rings. The molecule has 0 atom stereocenters. The molecule has 6 rings (SSSR count). The number of fused-ring (bicyclic) bond motifs is 2. The lowest BCUT2D eigenvalue weighted by Gasteiger charge is -2.11. The number of ether oxygens (including phenoxy) is 3. The summed E-state index contributed by atoms with van der Waals surface area (Å²) in [6.45, 7) is 4.02. The van der Waals surface area contributed by atoms with Crippen molar-refractivity contribution in [1.29, 1.82) is 0 Å². The maximum absolute atomic E-state index is 5.49. The Morgan fingerprint density at radius 3 is 2.18 bits per heavy atom. The smallest absolute Gasteiger partial charge is 0.161 e. The highest BCUT2D eigenvalue weighted by atomic mass is 16.5. The zero-order chi connectivity index (χ0) is 26.4. The van der Waals surface area contributed by atoms with Crippen LogP contribution in [0.25, 0.3) is 44.9 Å². The predicted octanol–water partition coefficient (Wildman–Crippen LogP) is 6.04. The Morgan fingerprint density at radius 2 is 1.45 bits per heavy atom. The average molecular weight is 506 g/mol. The van der Waals surface area contributed by atoms with Crippen LogP contribution < -0.4 is 14.2 Å². The third kappa shape index (κ3) is 3.82. The summed E-state index contributed by atoms with van der Waals surface area (Å²) in [5, 5.41) is 4.95. The molecule has 0 fully saturated rings. The number of hydrogen-bond donors (Lipinski definition) is 0. The summed E-state index contributed by atoms with van der Waals surface area (Å²) in [7, 11) is 4.92. The molecule has 0 N–H and O–H groups in total. The van der Waals surface area contributed by atoms with Crippen molar-refractivity contribution in [2.45, 2.75) is 13.8 Å². The first-order valence-electron chi connectivity index (χ1n) is 12.2. The van der Waals surface area contributed by atoms with Crippen LogP contribution in [0.3, 0.4) is 0 Å². The van der Waals surface area contributed by atoms with Gasteiger partial charge in [-0.05, 0) is 68.4 Å². The second-order valence-electron chi connectivity index (χ2n) is 9.00. The minimum absolute atomic E-state index is 0.658. The molecule has 3 heterocycles. The van der Waals surface area contributed by atoms with E-state index in [1.54, 1.807) is 21.3 Å². The standard InChI is InChI=1S/C30H27N5O3/c1-18-30(35-29(31-18)15-12-24(33-35)21-8-14-27(37-4)28(16-21)38-5)20-6-9-22(10-7-20)34-19(2)32-25-17-23(36-3)11-13-26(25)34/h6-17H,1-5H3. The number of nitrogens with zero attached hydrogens (tertiary/aromatic N) is 5. The number of benzene rings is 3. The second-order valence-corrected chi connectivity index (χ2v) is 9.00. The fraction of sp³-hybridized carbons (Fsp3) is 0.167. The molecule has 0 saturated carbocycles. The predicted molar refractivity (Wildman–Crippen MR) is 148 cm³/mol. The van der Waals surface area contributed by atoms with E-state index in [-0.39, 0.29) is 0 Å². The summed E-state index contributed by atoms with van der Waals surface area (Å²) >= 11 is 0. The zero-order valence-electron chi connectivity index (χ0n) is 21.9. The van der Waals surface area contributed by atoms with Gasteiger partial charge >= 0.3 is 0 Å². The number of aromatic nitrogens is 5. The Morgan fingerprint density at radius 1 is 0.684 bits per heavy atom. The van der Waals surface area contributed by atoms with Crippen LogP contribution in [-0.2, 0) is 0 Å². The van der Waals surface area contributed by atoms with E-state index in [2.05, 4.69) is 28.8 Å². The van der Waals surface area contributed by atoms with Crippen molar-refractivity contribution in [3.8, 4) is 45.5 Å². The van der Waals surface area contributed by atoms with Crippen LogP contribution >= 0.6 is 0 Å². The third-order valence-electron chi connectivity index (χ3n) is 6.76. The Balaban J connectivity index is 1.41. The topological polar surface area (TPSA) is 75.7 Å². The molecule has 38 heavy (non-hydrogen) atoms. The van der Waals surface area contributed by atoms with Crippen molar-refractivity contribution < 1.29 is 14.2 Å². The molecule has 190 valence electrons. The maximum Gasteiger partial charge on any atom is 0.161 e. The zero-order valence-corrected chi connectivity index (χ0v) is 21.9. The van der Waals surface area contributed by atoms with Crippen molar-refractivity contribution in [1.82, 2.24) is 24.1 Å². The normalized spacial score (nSPS) is 11.3. The first-order valence-corrected chi connectivity index (χ1v) is 12.2. The van der Waals surface area contributed by atoms with E-state index in [9.17, 15) is 0 Å². The van der Waals surface area contributed by atoms with Gasteiger partial charge in [-0.1, -0.05) is 12.1 Å². The fourth-order valence-corrected chi connectivity index (χ4v) is 4.93. The molecule has 0 bridgehead atoms. The average Bonchev–Trinajstić information content (AvgIpc) is 3.46. The van der Waals surface area contributed by atoms with Crippen LogP contribution in [0.4, 0.5) is 0 Å². The molecular formula is C30H27N5O3. The second kappa shape index (κ2) is 9.23. The monoisotopic (exact) mass is 505 g/mol. The Kier molecular flexibility index (Phi) is 5.72. The lowest BCUT2D eigenvalue weighted by Crippen LogP contribution is -1.99. The number of methoxy groups -OCH3 is 3. The third-order valence-corrected chi connectivity index (χ3v) is 6.76. The van der Waals surface area contributed by atoms with Gasteiger partial charge in [0.15, 0.2) is 17.1 Å². The lowest BCUT2D eigenvalue weighted by atomic mass is 10.1. The number of aryl methyl sites for hydroxylation is 2. The van der Waals surface area contributed by atoms with E-state index >= 15 is 0 Å². The van der Waals surface area contributed by atoms with Gasteiger partial charge in [-0.25, -0.2) is 14.5 Å². The van der Waals surface area contributed by atoms with Crippen LogP contribution in [0, 0.1) is 13.8 Å². The highest BCUT2D eigenvalue weighted by Gasteiger charge is 2.16. The summed E-state index contributed by atoms with van der Waals surface area (Å²) in [5.41, 5.74) is 8.37. The first kappa shape index (κ1) is 23.5. The van der Waals surface area contributed by atoms with Crippen LogP contribution in [0.15, 0.2) is 72.8 Å². The molecule has 3 aromatic heterocycles. The molecule has 3 aromatic carbocycles. The van der Waals surface area contributed by atoms with Crippen molar-refractivity contribution >= 4 is 16.7 Å². The van der Waals surface area contributed by atoms with Crippen molar-refractivity contribution in [2.75, 3.05) is 21.3 Å². The van der Waals surface area contributed by atoms with Gasteiger partial charge in [-0.3, -0.25) is 4.57 Å². The quantitative estimate of drug-likeness (QED) is 0.275. The van der Waals surface area contributed by atoms with Gasteiger partial charge in [-0.15, -0.1) is 0 Å². The summed E-state index contributed by atoms with van der Waals surface area (Å²) in [6, 6.07) is 24.1. The maximum atomic E-state index is 5.49. The van der Waals surface area contributed by atoms with Crippen molar-refractivity contribution in [2.24, 2.45) is 0 Å². The molecule has 0 radical (unpaired) electrons. The summed E-state index contributed by atoms with van der Waals surface area (Å²) in [6.07, 6.45) is 0. The summed E-state index contributed by atoms with van der Waals surface area (Å²) < 4.78 is 20.3. The largest absolute Gasteiger partial charge is 0.497 e. The van der Waals surface area contributed by atoms with Crippen LogP contribution in [0.5, 0.6) is 17.2 Å². The summed E-state index contributed by atoms with van der Waals surface area (Å²) in [4.78, 5) is 9.49. The van der Waals surface area contributed by atoms with Gasteiger partial charge in [0.25, 0.3) is 0 Å². The number of hydrogen-bond acceptors (Lipinski definition) is 6. The van der Waals surface area contributed by atoms with E-state index in [0.717, 1.165) is 62.2 Å². The molecule has 0 aliphatic carbocycles. The number of rotatable bonds is 6. The minimum atomic E-state index is 0.658. The molecule has 0 unspecified atom stereocenters. The van der Waals surface area contributed by atoms with Crippen LogP contribution in [-0.4, -0.2) is 45.5 Å². The molecule has 8 heteroatoms. The van der Waals surface area contributed by atoms with Crippen LogP contribution in [0.1, 0.15) is 11.5 Å². The highest BCUT2D eigenvalue weighted by molar-refractivity contribution is 5.80. The molecule has 8 nitrogen and oxygen atoms in total. The van der Waals surface area contributed by atoms with E-state index < -0.39 is 0 Å². The van der Waals surface area contributed by atoms with E-state index in [0.29, 0.717) is 11.5 Å². The SMILES string of the molecule is COc1ccc2c(c1)nc(C)n2-c1ccc(-c2c(C)nc3ccc(-c4ccc(OC)c(OC)c4)nn23)cc1. The molecule has 0 aliphatic heterocycles. The van der Waals surface area contributed by atoms with E-state index in [4.69, 9.17) is 29.3 Å². The molecular weight excluding hydrogens is 478 g/mol. The van der Waals surface area contributed by atoms with Gasteiger partial charge in [-0.2, -0.15) is 5.10 Å². The Bertz CT molecular complexity index is 1800. The fourth-order valence-electron chi connectivity index (χ4n) is 4.93. The van der Waals surface area contributed by atoms with Gasteiger partial charge in [0.1, 0.15) is 11.6 Å². The highest BCUT2D eigenvalue weighted by Crippen LogP contribution is 2.33. The minimum Gasteiger partial charge on any atom is -0.497 e. The van der Waals surface area contributed by atoms with Crippen molar-refractivity contribution in [3.05, 3.63) is 84.3 Å². The van der Waals surface area contributed by atoms with E-state index in [1.807, 2.05) is 66.9 Å². The molecule has 0 spiro atoms. The van der Waals surface area contributed by atoms with Gasteiger partial charge in [0.2, 0.25) is 0 Å². The van der Waals surface area contributed by atoms with Gasteiger partial charge in [0.05, 0.1) is 49.4 Å². The number of imidazole rings is 2. The molecule has 0 saturated heterocycles. The lowest BCUT2D eigenvalue weighted by molar-refractivity contribution is 0.355. The molecule has 0 amide bonds. The first-order chi connectivity index (χ1) is 18.5. The van der Waals surface area contributed by atoms with Crippen molar-refractivity contribution in [3.63, 3.8) is 0 Å². The van der Waals surface area contributed by atoms with E-state index in [1.165, 1.54) is 0 Å².